The van der Waals surface area contributed by atoms with E-state index in [4.69, 9.17) is 9.84 Å². The third kappa shape index (κ3) is 4.78. The molecule has 1 saturated heterocycles. The molecule has 1 aliphatic heterocycles. The third-order valence-corrected chi connectivity index (χ3v) is 4.02. The van der Waals surface area contributed by atoms with E-state index in [1.54, 1.807) is 6.07 Å². The zero-order valence-corrected chi connectivity index (χ0v) is 13.1. The van der Waals surface area contributed by atoms with Gasteiger partial charge < -0.3 is 9.84 Å². The molecule has 0 amide bonds. The van der Waals surface area contributed by atoms with Crippen molar-refractivity contribution in [3.63, 3.8) is 0 Å². The van der Waals surface area contributed by atoms with Crippen LogP contribution in [0.3, 0.4) is 0 Å². The lowest BCUT2D eigenvalue weighted by molar-refractivity contribution is 0.0437. The van der Waals surface area contributed by atoms with Gasteiger partial charge in [-0.2, -0.15) is 0 Å². The van der Waals surface area contributed by atoms with Crippen LogP contribution < -0.4 is 0 Å². The number of rotatable bonds is 6. The van der Waals surface area contributed by atoms with Gasteiger partial charge in [-0.3, -0.25) is 4.90 Å². The summed E-state index contributed by atoms with van der Waals surface area (Å²) in [6.07, 6.45) is 4.40. The predicted octanol–water partition coefficient (Wildman–Crippen LogP) is 3.31. The van der Waals surface area contributed by atoms with Crippen LogP contribution in [0.5, 0.6) is 0 Å². The van der Waals surface area contributed by atoms with Crippen LogP contribution in [0.15, 0.2) is 18.2 Å². The van der Waals surface area contributed by atoms with Crippen molar-refractivity contribution >= 4 is 5.97 Å². The smallest absolute Gasteiger partial charge is 0.335 e. The highest BCUT2D eigenvalue weighted by Gasteiger charge is 2.18. The Labute approximate surface area is 130 Å². The van der Waals surface area contributed by atoms with Crippen LogP contribution in [0.4, 0.5) is 4.39 Å². The number of aromatic carboxylic acids is 1. The summed E-state index contributed by atoms with van der Waals surface area (Å²) in [6.45, 7) is 5.23. The molecule has 1 fully saturated rings. The Morgan fingerprint density at radius 3 is 2.91 bits per heavy atom. The topological polar surface area (TPSA) is 49.8 Å². The van der Waals surface area contributed by atoms with Crippen LogP contribution in [-0.4, -0.2) is 41.8 Å². The van der Waals surface area contributed by atoms with E-state index in [1.807, 2.05) is 0 Å². The number of carboxylic acid groups (broad SMARTS) is 1. The van der Waals surface area contributed by atoms with Crippen molar-refractivity contribution in [3.05, 3.63) is 35.1 Å². The van der Waals surface area contributed by atoms with Crippen molar-refractivity contribution in [1.29, 1.82) is 0 Å². The second kappa shape index (κ2) is 8.25. The number of halogens is 1. The van der Waals surface area contributed by atoms with Crippen molar-refractivity contribution < 1.29 is 19.0 Å². The molecule has 2 rings (SSSR count). The molecule has 4 nitrogen and oxygen atoms in total. The maximum Gasteiger partial charge on any atom is 0.335 e. The minimum atomic E-state index is -1.10. The minimum absolute atomic E-state index is 0.00912. The maximum absolute atomic E-state index is 14.0. The molecule has 1 atom stereocenters. The number of benzene rings is 1. The van der Waals surface area contributed by atoms with E-state index in [0.717, 1.165) is 51.4 Å². The third-order valence-electron chi connectivity index (χ3n) is 4.02. The highest BCUT2D eigenvalue weighted by Crippen LogP contribution is 2.18. The second-order valence-corrected chi connectivity index (χ2v) is 5.81. The first kappa shape index (κ1) is 16.9. The Morgan fingerprint density at radius 1 is 1.41 bits per heavy atom. The Hall–Kier alpha value is -1.46. The average Bonchev–Trinajstić information content (AvgIpc) is 2.72. The number of hydrogen-bond donors (Lipinski definition) is 1. The summed E-state index contributed by atoms with van der Waals surface area (Å²) in [5.74, 6) is -1.54. The highest BCUT2D eigenvalue weighted by atomic mass is 19.1. The molecule has 0 radical (unpaired) electrons. The van der Waals surface area contributed by atoms with Crippen molar-refractivity contribution in [1.82, 2.24) is 4.90 Å². The fraction of sp³-hybridized carbons (Fsp3) is 0.588. The highest BCUT2D eigenvalue weighted by molar-refractivity contribution is 5.87. The lowest BCUT2D eigenvalue weighted by Crippen LogP contribution is -2.25. The van der Waals surface area contributed by atoms with E-state index >= 15 is 0 Å². The van der Waals surface area contributed by atoms with Gasteiger partial charge in [0.1, 0.15) is 5.82 Å². The molecule has 0 aliphatic carbocycles. The van der Waals surface area contributed by atoms with Gasteiger partial charge in [0.25, 0.3) is 0 Å². The van der Waals surface area contributed by atoms with E-state index in [2.05, 4.69) is 11.8 Å². The van der Waals surface area contributed by atoms with Gasteiger partial charge >= 0.3 is 5.97 Å². The summed E-state index contributed by atoms with van der Waals surface area (Å²) in [7, 11) is 0. The molecule has 0 bridgehead atoms. The predicted molar refractivity (Wildman–Crippen MR) is 82.5 cm³/mol. The lowest BCUT2D eigenvalue weighted by atomic mass is 10.1. The molecule has 0 spiro atoms. The number of nitrogens with zero attached hydrogens (tertiary/aromatic N) is 1. The first-order valence-corrected chi connectivity index (χ1v) is 7.95. The zero-order chi connectivity index (χ0) is 15.9. The number of carboxylic acids is 1. The van der Waals surface area contributed by atoms with Gasteiger partial charge in [-0.25, -0.2) is 9.18 Å². The number of likely N-dealkylation sites (tertiary alicyclic amines) is 1. The van der Waals surface area contributed by atoms with Crippen molar-refractivity contribution in [2.45, 2.75) is 45.3 Å². The minimum Gasteiger partial charge on any atom is -0.478 e. The molecular formula is C17H24FNO3. The van der Waals surface area contributed by atoms with E-state index in [1.165, 1.54) is 6.07 Å². The molecule has 22 heavy (non-hydrogen) atoms. The molecule has 1 N–H and O–H groups in total. The van der Waals surface area contributed by atoms with Crippen molar-refractivity contribution in [2.24, 2.45) is 0 Å². The van der Waals surface area contributed by atoms with Crippen molar-refractivity contribution in [2.75, 3.05) is 19.7 Å². The Balaban J connectivity index is 1.92. The number of carbonyl (C=O) groups is 1. The molecule has 1 aliphatic rings. The number of hydrogen-bond acceptors (Lipinski definition) is 3. The molecule has 1 unspecified atom stereocenters. The van der Waals surface area contributed by atoms with E-state index in [-0.39, 0.29) is 5.56 Å². The van der Waals surface area contributed by atoms with Crippen molar-refractivity contribution in [3.8, 4) is 0 Å². The summed E-state index contributed by atoms with van der Waals surface area (Å²) in [6, 6.07) is 4.14. The average molecular weight is 309 g/mol. The van der Waals surface area contributed by atoms with Gasteiger partial charge in [0, 0.05) is 25.3 Å². The second-order valence-electron chi connectivity index (χ2n) is 5.81. The van der Waals surface area contributed by atoms with E-state index < -0.39 is 11.8 Å². The summed E-state index contributed by atoms with van der Waals surface area (Å²) in [5, 5.41) is 8.87. The monoisotopic (exact) mass is 309 g/mol. The normalized spacial score (nSPS) is 19.8. The number of ether oxygens (including phenoxy) is 1. The van der Waals surface area contributed by atoms with Crippen LogP contribution in [0.25, 0.3) is 0 Å². The van der Waals surface area contributed by atoms with E-state index in [0.29, 0.717) is 18.2 Å². The summed E-state index contributed by atoms with van der Waals surface area (Å²) < 4.78 is 19.8. The largest absolute Gasteiger partial charge is 0.478 e. The standard InChI is InChI=1S/C17H24FNO3/c1-2-10-22-15-4-3-8-19(9-7-15)12-14-6-5-13(17(20)21)11-16(14)18/h5-6,11,15H,2-4,7-10,12H2,1H3,(H,20,21). The van der Waals surface area contributed by atoms with Gasteiger partial charge in [0.05, 0.1) is 11.7 Å². The molecular weight excluding hydrogens is 285 g/mol. The van der Waals surface area contributed by atoms with Crippen LogP contribution in [0.2, 0.25) is 0 Å². The first-order chi connectivity index (χ1) is 10.6. The van der Waals surface area contributed by atoms with Gasteiger partial charge in [-0.1, -0.05) is 13.0 Å². The lowest BCUT2D eigenvalue weighted by Gasteiger charge is -2.20. The molecule has 1 aromatic carbocycles. The Kier molecular flexibility index (Phi) is 6.34. The van der Waals surface area contributed by atoms with Crippen LogP contribution >= 0.6 is 0 Å². The molecule has 0 aromatic heterocycles. The first-order valence-electron chi connectivity index (χ1n) is 7.95. The molecule has 0 saturated carbocycles. The molecule has 5 heteroatoms. The van der Waals surface area contributed by atoms with Crippen LogP contribution in [0.1, 0.15) is 48.5 Å². The summed E-state index contributed by atoms with van der Waals surface area (Å²) in [5.41, 5.74) is 0.545. The Morgan fingerprint density at radius 2 is 2.23 bits per heavy atom. The fourth-order valence-corrected chi connectivity index (χ4v) is 2.78. The molecule has 1 aromatic rings. The van der Waals surface area contributed by atoms with Gasteiger partial charge in [0.2, 0.25) is 0 Å². The van der Waals surface area contributed by atoms with Gasteiger partial charge in [-0.05, 0) is 44.4 Å². The quantitative estimate of drug-likeness (QED) is 0.876. The molecule has 122 valence electrons. The maximum atomic E-state index is 14.0. The fourth-order valence-electron chi connectivity index (χ4n) is 2.78. The van der Waals surface area contributed by atoms with Gasteiger partial charge in [-0.15, -0.1) is 0 Å². The zero-order valence-electron chi connectivity index (χ0n) is 13.1. The van der Waals surface area contributed by atoms with Gasteiger partial charge in [0.15, 0.2) is 0 Å². The van der Waals surface area contributed by atoms with E-state index in [9.17, 15) is 9.18 Å². The summed E-state index contributed by atoms with van der Waals surface area (Å²) in [4.78, 5) is 13.0. The molecule has 1 heterocycles. The van der Waals surface area contributed by atoms with Crippen LogP contribution in [0, 0.1) is 5.82 Å². The Bertz CT molecular complexity index is 507. The van der Waals surface area contributed by atoms with Crippen LogP contribution in [-0.2, 0) is 11.3 Å². The SMILES string of the molecule is CCCOC1CCCN(Cc2ccc(C(=O)O)cc2F)CC1. The summed E-state index contributed by atoms with van der Waals surface area (Å²) >= 11 is 0.